The van der Waals surface area contributed by atoms with E-state index in [0.717, 1.165) is 5.56 Å². The molecule has 5 heteroatoms. The Morgan fingerprint density at radius 2 is 1.68 bits per heavy atom. The number of benzene rings is 2. The second-order valence-corrected chi connectivity index (χ2v) is 4.88. The molecule has 2 aromatic rings. The molecule has 3 N–H and O–H groups in total. The van der Waals surface area contributed by atoms with E-state index in [1.165, 1.54) is 6.92 Å². The van der Waals surface area contributed by atoms with Crippen LogP contribution < -0.4 is 10.6 Å². The maximum absolute atomic E-state index is 12.0. The fourth-order valence-corrected chi connectivity index (χ4v) is 2.03. The van der Waals surface area contributed by atoms with Gasteiger partial charge in [-0.25, -0.2) is 4.79 Å². The third-order valence-electron chi connectivity index (χ3n) is 3.24. The molecule has 22 heavy (non-hydrogen) atoms. The van der Waals surface area contributed by atoms with Gasteiger partial charge in [-0.2, -0.15) is 0 Å². The highest BCUT2D eigenvalue weighted by atomic mass is 16.3. The van der Waals surface area contributed by atoms with Crippen molar-refractivity contribution in [3.05, 3.63) is 65.7 Å². The molecule has 2 aromatic carbocycles. The van der Waals surface area contributed by atoms with Crippen LogP contribution in [0.25, 0.3) is 0 Å². The van der Waals surface area contributed by atoms with Gasteiger partial charge in [0.15, 0.2) is 5.78 Å². The van der Waals surface area contributed by atoms with E-state index in [1.54, 1.807) is 24.3 Å². The largest absolute Gasteiger partial charge is 0.394 e. The Bertz CT molecular complexity index is 639. The lowest BCUT2D eigenvalue weighted by Crippen LogP contribution is -2.34. The van der Waals surface area contributed by atoms with Gasteiger partial charge in [-0.15, -0.1) is 0 Å². The highest BCUT2D eigenvalue weighted by Gasteiger charge is 2.13. The van der Waals surface area contributed by atoms with Crippen molar-refractivity contribution in [3.8, 4) is 0 Å². The van der Waals surface area contributed by atoms with Gasteiger partial charge in [-0.05, 0) is 36.8 Å². The standard InChI is InChI=1S/C17H18N2O3/c1-12(21)13-7-9-15(10-8-13)18-17(22)19-16(11-20)14-5-3-2-4-6-14/h2-10,16,20H,11H2,1H3,(H2,18,19,22). The SMILES string of the molecule is CC(=O)c1ccc(NC(=O)NC(CO)c2ccccc2)cc1. The van der Waals surface area contributed by atoms with Crippen LogP contribution in [0.5, 0.6) is 0 Å². The maximum Gasteiger partial charge on any atom is 0.319 e. The lowest BCUT2D eigenvalue weighted by Gasteiger charge is -2.17. The fraction of sp³-hybridized carbons (Fsp3) is 0.176. The molecule has 2 rings (SSSR count). The van der Waals surface area contributed by atoms with Crippen molar-refractivity contribution in [2.45, 2.75) is 13.0 Å². The molecule has 114 valence electrons. The van der Waals surface area contributed by atoms with Gasteiger partial charge in [0.25, 0.3) is 0 Å². The molecular weight excluding hydrogens is 280 g/mol. The number of aliphatic hydroxyl groups is 1. The van der Waals surface area contributed by atoms with E-state index in [2.05, 4.69) is 10.6 Å². The zero-order valence-corrected chi connectivity index (χ0v) is 12.2. The zero-order chi connectivity index (χ0) is 15.9. The first-order valence-corrected chi connectivity index (χ1v) is 6.94. The topological polar surface area (TPSA) is 78.4 Å². The molecule has 2 amide bonds. The molecule has 0 saturated heterocycles. The molecule has 0 bridgehead atoms. The number of hydrogen-bond donors (Lipinski definition) is 3. The van der Waals surface area contributed by atoms with Gasteiger partial charge in [0, 0.05) is 11.3 Å². The summed E-state index contributed by atoms with van der Waals surface area (Å²) >= 11 is 0. The third kappa shape index (κ3) is 4.17. The predicted molar refractivity (Wildman–Crippen MR) is 84.9 cm³/mol. The summed E-state index contributed by atoms with van der Waals surface area (Å²) in [5.74, 6) is -0.0274. The molecule has 0 saturated carbocycles. The van der Waals surface area contributed by atoms with Crippen LogP contribution in [0, 0.1) is 0 Å². The summed E-state index contributed by atoms with van der Waals surface area (Å²) in [5.41, 5.74) is 1.99. The number of anilines is 1. The monoisotopic (exact) mass is 298 g/mol. The average Bonchev–Trinajstić information content (AvgIpc) is 2.54. The Labute approximate surface area is 129 Å². The van der Waals surface area contributed by atoms with E-state index in [0.29, 0.717) is 11.3 Å². The van der Waals surface area contributed by atoms with Crippen molar-refractivity contribution in [2.75, 3.05) is 11.9 Å². The molecule has 1 atom stereocenters. The lowest BCUT2D eigenvalue weighted by atomic mass is 10.1. The minimum absolute atomic E-state index is 0.0274. The average molecular weight is 298 g/mol. The Morgan fingerprint density at radius 1 is 1.05 bits per heavy atom. The Morgan fingerprint density at radius 3 is 2.23 bits per heavy atom. The van der Waals surface area contributed by atoms with Gasteiger partial charge in [0.1, 0.15) is 0 Å². The molecule has 1 unspecified atom stereocenters. The number of carbonyl (C=O) groups is 2. The maximum atomic E-state index is 12.0. The number of carbonyl (C=O) groups excluding carboxylic acids is 2. The van der Waals surface area contributed by atoms with E-state index in [4.69, 9.17) is 0 Å². The predicted octanol–water partition coefficient (Wildman–Crippen LogP) is 2.74. The molecule has 0 spiro atoms. The molecule has 0 heterocycles. The number of urea groups is 1. The van der Waals surface area contributed by atoms with Crippen LogP contribution in [0.2, 0.25) is 0 Å². The Hall–Kier alpha value is -2.66. The molecular formula is C17H18N2O3. The quantitative estimate of drug-likeness (QED) is 0.743. The minimum atomic E-state index is -0.474. The first-order valence-electron chi connectivity index (χ1n) is 6.94. The van der Waals surface area contributed by atoms with Crippen LogP contribution in [0.15, 0.2) is 54.6 Å². The van der Waals surface area contributed by atoms with Crippen molar-refractivity contribution in [2.24, 2.45) is 0 Å². The van der Waals surface area contributed by atoms with E-state index in [9.17, 15) is 14.7 Å². The summed E-state index contributed by atoms with van der Waals surface area (Å²) in [6.45, 7) is 1.29. The van der Waals surface area contributed by atoms with E-state index in [-0.39, 0.29) is 12.4 Å². The fourth-order valence-electron chi connectivity index (χ4n) is 2.03. The number of nitrogens with one attached hydrogen (secondary N) is 2. The Kier molecular flexibility index (Phi) is 5.27. The normalized spacial score (nSPS) is 11.5. The molecule has 0 aliphatic rings. The highest BCUT2D eigenvalue weighted by molar-refractivity contribution is 5.95. The summed E-state index contributed by atoms with van der Waals surface area (Å²) in [5, 5.41) is 14.8. The summed E-state index contributed by atoms with van der Waals surface area (Å²) in [6.07, 6.45) is 0. The van der Waals surface area contributed by atoms with Gasteiger partial charge in [-0.3, -0.25) is 4.79 Å². The summed E-state index contributed by atoms with van der Waals surface area (Å²) in [6, 6.07) is 15.0. The number of aliphatic hydroxyl groups excluding tert-OH is 1. The van der Waals surface area contributed by atoms with Crippen molar-refractivity contribution >= 4 is 17.5 Å². The van der Waals surface area contributed by atoms with E-state index in [1.807, 2.05) is 30.3 Å². The van der Waals surface area contributed by atoms with E-state index < -0.39 is 12.1 Å². The number of rotatable bonds is 5. The molecule has 0 aliphatic carbocycles. The second kappa shape index (κ2) is 7.38. The first-order chi connectivity index (χ1) is 10.6. The molecule has 0 radical (unpaired) electrons. The second-order valence-electron chi connectivity index (χ2n) is 4.88. The summed E-state index contributed by atoms with van der Waals surface area (Å²) in [7, 11) is 0. The van der Waals surface area contributed by atoms with Gasteiger partial charge >= 0.3 is 6.03 Å². The van der Waals surface area contributed by atoms with Crippen molar-refractivity contribution in [1.82, 2.24) is 5.32 Å². The van der Waals surface area contributed by atoms with Crippen LogP contribution in [0.3, 0.4) is 0 Å². The minimum Gasteiger partial charge on any atom is -0.394 e. The van der Waals surface area contributed by atoms with Gasteiger partial charge in [-0.1, -0.05) is 30.3 Å². The van der Waals surface area contributed by atoms with Crippen LogP contribution >= 0.6 is 0 Å². The van der Waals surface area contributed by atoms with Crippen LogP contribution in [0.1, 0.15) is 28.9 Å². The van der Waals surface area contributed by atoms with Gasteiger partial charge < -0.3 is 15.7 Å². The van der Waals surface area contributed by atoms with Crippen molar-refractivity contribution in [3.63, 3.8) is 0 Å². The summed E-state index contributed by atoms with van der Waals surface area (Å²) in [4.78, 5) is 23.2. The molecule has 0 aliphatic heterocycles. The zero-order valence-electron chi connectivity index (χ0n) is 12.2. The van der Waals surface area contributed by atoms with Crippen molar-refractivity contribution in [1.29, 1.82) is 0 Å². The van der Waals surface area contributed by atoms with Gasteiger partial charge in [0.05, 0.1) is 12.6 Å². The molecule has 0 aromatic heterocycles. The van der Waals surface area contributed by atoms with Crippen molar-refractivity contribution < 1.29 is 14.7 Å². The number of ketones is 1. The Balaban J connectivity index is 1.98. The number of Topliss-reactive ketones (excluding diaryl/α,β-unsaturated/α-hetero) is 1. The third-order valence-corrected chi connectivity index (χ3v) is 3.24. The number of hydrogen-bond acceptors (Lipinski definition) is 3. The first kappa shape index (κ1) is 15.7. The van der Waals surface area contributed by atoms with E-state index >= 15 is 0 Å². The molecule has 5 nitrogen and oxygen atoms in total. The lowest BCUT2D eigenvalue weighted by molar-refractivity contribution is 0.101. The molecule has 0 fully saturated rings. The highest BCUT2D eigenvalue weighted by Crippen LogP contribution is 2.13. The van der Waals surface area contributed by atoms with Crippen LogP contribution in [-0.4, -0.2) is 23.5 Å². The number of amides is 2. The van der Waals surface area contributed by atoms with Crippen LogP contribution in [0.4, 0.5) is 10.5 Å². The smallest absolute Gasteiger partial charge is 0.319 e. The van der Waals surface area contributed by atoms with Gasteiger partial charge in [0.2, 0.25) is 0 Å². The van der Waals surface area contributed by atoms with Crippen LogP contribution in [-0.2, 0) is 0 Å². The summed E-state index contributed by atoms with van der Waals surface area (Å²) < 4.78 is 0.